The first-order chi connectivity index (χ1) is 25.1. The van der Waals surface area contributed by atoms with Gasteiger partial charge < -0.3 is 26.2 Å². The topological polar surface area (TPSA) is 174 Å². The number of hydrogen-bond donors (Lipinski definition) is 4. The predicted octanol–water partition coefficient (Wildman–Crippen LogP) is 3.85. The number of carbonyl (C=O) groups excluding carboxylic acids is 7. The van der Waals surface area contributed by atoms with Crippen LogP contribution in [-0.2, 0) is 28.8 Å². The molecule has 5 aliphatic rings. The molecule has 0 aromatic heterocycles. The minimum atomic E-state index is -1.03. The van der Waals surface area contributed by atoms with Crippen LogP contribution in [0.25, 0.3) is 0 Å². The molecule has 6 atom stereocenters. The Morgan fingerprint density at radius 1 is 0.889 bits per heavy atom. The van der Waals surface area contributed by atoms with Crippen LogP contribution in [0.3, 0.4) is 0 Å². The Bertz CT molecular complexity index is 1510. The van der Waals surface area contributed by atoms with E-state index in [0.29, 0.717) is 13.0 Å². The summed E-state index contributed by atoms with van der Waals surface area (Å²) in [6.45, 7) is 19.2. The summed E-state index contributed by atoms with van der Waals surface area (Å²) in [6.07, 6.45) is 9.06. The van der Waals surface area contributed by atoms with Crippen LogP contribution in [0.15, 0.2) is 12.7 Å². The van der Waals surface area contributed by atoms with Gasteiger partial charge in [-0.2, -0.15) is 0 Å². The summed E-state index contributed by atoms with van der Waals surface area (Å²) in [7, 11) is 0. The highest BCUT2D eigenvalue weighted by molar-refractivity contribution is 6.38. The van der Waals surface area contributed by atoms with Crippen LogP contribution in [0.2, 0.25) is 0 Å². The Balaban J connectivity index is 1.36. The molecule has 0 aromatic carbocycles. The van der Waals surface area contributed by atoms with Gasteiger partial charge >= 0.3 is 6.03 Å². The van der Waals surface area contributed by atoms with Gasteiger partial charge in [0.2, 0.25) is 29.4 Å². The fourth-order valence-corrected chi connectivity index (χ4v) is 9.14. The van der Waals surface area contributed by atoms with E-state index in [2.05, 4.69) is 27.8 Å². The molecule has 13 nitrogen and oxygen atoms in total. The second kappa shape index (κ2) is 15.4. The Morgan fingerprint density at radius 2 is 1.52 bits per heavy atom. The van der Waals surface area contributed by atoms with Crippen molar-refractivity contribution in [2.24, 2.45) is 39.4 Å². The van der Waals surface area contributed by atoms with Crippen molar-refractivity contribution in [1.82, 2.24) is 31.1 Å². The fraction of sp³-hybridized carbons (Fsp3) is 0.780. The van der Waals surface area contributed by atoms with Crippen LogP contribution in [0.4, 0.5) is 4.79 Å². The molecule has 2 heterocycles. The first-order valence-electron chi connectivity index (χ1n) is 20.0. The molecule has 1 unspecified atom stereocenters. The van der Waals surface area contributed by atoms with Crippen molar-refractivity contribution >= 4 is 41.4 Å². The molecule has 7 amide bonds. The van der Waals surface area contributed by atoms with Gasteiger partial charge in [0, 0.05) is 32.5 Å². The molecule has 3 saturated carbocycles. The normalized spacial score (nSPS) is 26.3. The quantitative estimate of drug-likeness (QED) is 0.126. The van der Waals surface area contributed by atoms with Crippen LogP contribution in [0.5, 0.6) is 0 Å². The SMILES string of the molecule is C=CCNC(=O)C(=O)C(CC1CCC1)NC(=O)[C@@H]1[C@H]2CCC3(CC3)[C@H]2CN1C(=O)[C@@H](NC(=O)N[C@H](CN1C(=O)CC(C)(C)CC1=O)C(C)(C)C)C(C)(C)C. The third-order valence-electron chi connectivity index (χ3n) is 12.9. The third-order valence-corrected chi connectivity index (χ3v) is 12.9. The van der Waals surface area contributed by atoms with E-state index in [1.165, 1.54) is 11.0 Å². The van der Waals surface area contributed by atoms with Gasteiger partial charge in [-0.15, -0.1) is 6.58 Å². The monoisotopic (exact) mass is 752 g/mol. The van der Waals surface area contributed by atoms with Gasteiger partial charge in [-0.25, -0.2) is 4.79 Å². The number of carbonyl (C=O) groups is 7. The zero-order valence-corrected chi connectivity index (χ0v) is 33.8. The molecule has 54 heavy (non-hydrogen) atoms. The number of rotatable bonds is 13. The molecule has 0 aromatic rings. The summed E-state index contributed by atoms with van der Waals surface area (Å²) in [5.74, 6) is -2.60. The molecule has 3 aliphatic carbocycles. The second-order valence-corrected chi connectivity index (χ2v) is 19.8. The molecule has 5 rings (SSSR count). The number of nitrogens with one attached hydrogen (secondary N) is 4. The average Bonchev–Trinajstić information content (AvgIpc) is 3.60. The van der Waals surface area contributed by atoms with Crippen molar-refractivity contribution in [2.75, 3.05) is 19.6 Å². The average molecular weight is 753 g/mol. The maximum Gasteiger partial charge on any atom is 0.315 e. The lowest BCUT2D eigenvalue weighted by atomic mass is 9.80. The van der Waals surface area contributed by atoms with Gasteiger partial charge in [0.25, 0.3) is 5.91 Å². The zero-order chi connectivity index (χ0) is 40.0. The summed E-state index contributed by atoms with van der Waals surface area (Å²) >= 11 is 0. The molecule has 0 radical (unpaired) electrons. The summed E-state index contributed by atoms with van der Waals surface area (Å²) in [5.41, 5.74) is -1.64. The van der Waals surface area contributed by atoms with Gasteiger partial charge in [-0.1, -0.05) is 80.7 Å². The number of Topliss-reactive ketones (excluding diaryl/α,β-unsaturated/α-hetero) is 1. The lowest BCUT2D eigenvalue weighted by Crippen LogP contribution is -2.63. The minimum Gasteiger partial charge on any atom is -0.346 e. The van der Waals surface area contributed by atoms with Crippen molar-refractivity contribution in [3.63, 3.8) is 0 Å². The van der Waals surface area contributed by atoms with E-state index < -0.39 is 64.0 Å². The second-order valence-electron chi connectivity index (χ2n) is 19.8. The highest BCUT2D eigenvalue weighted by Crippen LogP contribution is 2.66. The van der Waals surface area contributed by atoms with Crippen molar-refractivity contribution in [3.8, 4) is 0 Å². The molecule has 2 aliphatic heterocycles. The maximum atomic E-state index is 14.8. The van der Waals surface area contributed by atoms with Crippen LogP contribution in [-0.4, -0.2) is 95.0 Å². The van der Waals surface area contributed by atoms with Crippen molar-refractivity contribution in [2.45, 2.75) is 144 Å². The predicted molar refractivity (Wildman–Crippen MR) is 203 cm³/mol. The van der Waals surface area contributed by atoms with E-state index in [1.807, 2.05) is 55.4 Å². The number of hydrogen-bond acceptors (Lipinski definition) is 7. The molecular formula is C41H64N6O7. The molecule has 13 heteroatoms. The number of piperidine rings is 1. The maximum absolute atomic E-state index is 14.8. The van der Waals surface area contributed by atoms with E-state index in [9.17, 15) is 33.6 Å². The van der Waals surface area contributed by atoms with E-state index in [-0.39, 0.29) is 66.8 Å². The van der Waals surface area contributed by atoms with E-state index in [0.717, 1.165) is 44.9 Å². The van der Waals surface area contributed by atoms with Gasteiger partial charge in [-0.3, -0.25) is 33.7 Å². The third kappa shape index (κ3) is 9.02. The summed E-state index contributed by atoms with van der Waals surface area (Å²) in [5, 5.41) is 11.4. The Labute approximate surface area is 320 Å². The fourth-order valence-electron chi connectivity index (χ4n) is 9.14. The number of nitrogens with zero attached hydrogens (tertiary/aromatic N) is 2. The van der Waals surface area contributed by atoms with Gasteiger partial charge in [0.1, 0.15) is 12.1 Å². The number of urea groups is 1. The zero-order valence-electron chi connectivity index (χ0n) is 33.8. The van der Waals surface area contributed by atoms with Gasteiger partial charge in [0.05, 0.1) is 12.1 Å². The van der Waals surface area contributed by atoms with Crippen LogP contribution < -0.4 is 21.3 Å². The number of likely N-dealkylation sites (tertiary alicyclic amines) is 2. The van der Waals surface area contributed by atoms with Crippen LogP contribution >= 0.6 is 0 Å². The molecule has 0 bridgehead atoms. The Morgan fingerprint density at radius 3 is 2.04 bits per heavy atom. The number of imide groups is 1. The smallest absolute Gasteiger partial charge is 0.315 e. The Hall–Kier alpha value is -3.77. The molecular weight excluding hydrogens is 688 g/mol. The summed E-state index contributed by atoms with van der Waals surface area (Å²) < 4.78 is 0. The van der Waals surface area contributed by atoms with Crippen molar-refractivity contribution in [1.29, 1.82) is 0 Å². The summed E-state index contributed by atoms with van der Waals surface area (Å²) in [6, 6.07) is -4.13. The molecule has 5 fully saturated rings. The lowest BCUT2D eigenvalue weighted by molar-refractivity contribution is -0.153. The number of ketones is 1. The molecule has 1 spiro atoms. The van der Waals surface area contributed by atoms with Crippen LogP contribution in [0, 0.1) is 39.4 Å². The molecule has 4 N–H and O–H groups in total. The highest BCUT2D eigenvalue weighted by Gasteiger charge is 2.64. The van der Waals surface area contributed by atoms with Crippen molar-refractivity contribution < 1.29 is 33.6 Å². The molecule has 300 valence electrons. The first kappa shape index (κ1) is 41.4. The lowest BCUT2D eigenvalue weighted by Gasteiger charge is -2.40. The van der Waals surface area contributed by atoms with Gasteiger partial charge in [-0.05, 0) is 71.5 Å². The van der Waals surface area contributed by atoms with Gasteiger partial charge in [0.15, 0.2) is 0 Å². The van der Waals surface area contributed by atoms with Crippen LogP contribution in [0.1, 0.15) is 120 Å². The largest absolute Gasteiger partial charge is 0.346 e. The first-order valence-corrected chi connectivity index (χ1v) is 20.0. The van der Waals surface area contributed by atoms with E-state index in [4.69, 9.17) is 0 Å². The molecule has 2 saturated heterocycles. The van der Waals surface area contributed by atoms with Crippen molar-refractivity contribution in [3.05, 3.63) is 12.7 Å². The van der Waals surface area contributed by atoms with E-state index in [1.54, 1.807) is 4.90 Å². The number of fused-ring (bicyclic) bond motifs is 2. The standard InChI is InChI=1S/C41H64N6O7/c1-10-18-42-35(52)32(50)27(19-24-12-11-13-24)43-34(51)31-25-14-15-41(16-17-41)26(25)22-47(31)36(53)33(39(5,6)7)45-37(54)44-28(38(2,3)4)23-46-29(48)20-40(8,9)21-30(46)49/h10,24-28,31,33H,1,11-23H2,2-9H3,(H,42,52)(H,43,51)(H2,44,45,54)/t25-,26-,27?,28+,31-,33+/m0/s1. The summed E-state index contributed by atoms with van der Waals surface area (Å²) in [4.78, 5) is 98.2. The van der Waals surface area contributed by atoms with E-state index >= 15 is 0 Å². The Kier molecular flexibility index (Phi) is 11.8. The minimum absolute atomic E-state index is 0.00493. The highest BCUT2D eigenvalue weighted by atomic mass is 16.2. The number of amides is 7.